The number of nitrogens with one attached hydrogen (secondary N) is 2. The van der Waals surface area contributed by atoms with Gasteiger partial charge >= 0.3 is 0 Å². The van der Waals surface area contributed by atoms with Gasteiger partial charge in [-0.15, -0.1) is 0 Å². The number of hydrogen-bond donors (Lipinski definition) is 3. The molecule has 0 atom stereocenters. The first-order chi connectivity index (χ1) is 17.5. The SMILES string of the molecule is COc1cc2ncnc(Nc3ccc(F)c(Cl)c3)c2cc1Oc1ccc(C#CCCCC(=O)NO)o1. The van der Waals surface area contributed by atoms with Gasteiger partial charge in [-0.1, -0.05) is 17.5 Å². The molecule has 0 aliphatic carbocycles. The van der Waals surface area contributed by atoms with Crippen molar-refractivity contribution in [3.05, 3.63) is 65.4 Å². The molecule has 184 valence electrons. The maximum Gasteiger partial charge on any atom is 0.291 e. The standard InChI is InChI=1S/C25H20ClFN4O5/c1-34-21-13-20-17(25(29-14-28-20)30-15-7-9-19(27)18(26)11-15)12-22(21)36-24-10-8-16(35-24)5-3-2-4-6-23(32)31-33/h7-14,33H,2,4,6H2,1H3,(H,31,32)(H,28,29,30). The molecule has 4 rings (SSSR count). The molecular formula is C25H20ClFN4O5. The summed E-state index contributed by atoms with van der Waals surface area (Å²) < 4.78 is 30.5. The first-order valence-corrected chi connectivity index (χ1v) is 11.1. The smallest absolute Gasteiger partial charge is 0.291 e. The van der Waals surface area contributed by atoms with Crippen molar-refractivity contribution in [2.75, 3.05) is 12.4 Å². The Labute approximate surface area is 210 Å². The zero-order valence-electron chi connectivity index (χ0n) is 19.0. The van der Waals surface area contributed by atoms with E-state index in [1.165, 1.54) is 25.6 Å². The average Bonchev–Trinajstić information content (AvgIpc) is 3.33. The molecule has 0 saturated carbocycles. The monoisotopic (exact) mass is 510 g/mol. The Morgan fingerprint density at radius 1 is 1.19 bits per heavy atom. The van der Waals surface area contributed by atoms with Gasteiger partial charge in [0.1, 0.15) is 18.0 Å². The maximum atomic E-state index is 13.5. The minimum atomic E-state index is -0.521. The predicted octanol–water partition coefficient (Wildman–Crippen LogP) is 5.59. The molecule has 2 aromatic heterocycles. The second kappa shape index (κ2) is 11.4. The first-order valence-electron chi connectivity index (χ1n) is 10.7. The van der Waals surface area contributed by atoms with E-state index in [1.807, 2.05) is 0 Å². The fraction of sp³-hybridized carbons (Fsp3) is 0.160. The summed E-state index contributed by atoms with van der Waals surface area (Å²) in [6.45, 7) is 0. The number of anilines is 2. The minimum absolute atomic E-state index is 0.0172. The molecule has 0 aliphatic rings. The van der Waals surface area contributed by atoms with Crippen LogP contribution in [0.1, 0.15) is 25.0 Å². The molecule has 0 bridgehead atoms. The molecule has 0 radical (unpaired) electrons. The number of methoxy groups -OCH3 is 1. The van der Waals surface area contributed by atoms with Gasteiger partial charge in [0.25, 0.3) is 5.95 Å². The molecule has 0 unspecified atom stereocenters. The van der Waals surface area contributed by atoms with Gasteiger partial charge in [-0.2, -0.15) is 0 Å². The third-order valence-electron chi connectivity index (χ3n) is 4.94. The fourth-order valence-corrected chi connectivity index (χ4v) is 3.39. The van der Waals surface area contributed by atoms with Gasteiger partial charge in [-0.3, -0.25) is 10.0 Å². The van der Waals surface area contributed by atoms with Gasteiger partial charge in [-0.25, -0.2) is 19.8 Å². The fourth-order valence-electron chi connectivity index (χ4n) is 3.21. The number of benzene rings is 2. The van der Waals surface area contributed by atoms with Crippen LogP contribution in [0, 0.1) is 17.7 Å². The maximum absolute atomic E-state index is 13.5. The van der Waals surface area contributed by atoms with Crippen molar-refractivity contribution in [1.29, 1.82) is 0 Å². The number of carbonyl (C=O) groups excluding carboxylic acids is 1. The van der Waals surface area contributed by atoms with Crippen molar-refractivity contribution < 1.29 is 28.3 Å². The molecule has 0 fully saturated rings. The normalized spacial score (nSPS) is 10.4. The summed E-state index contributed by atoms with van der Waals surface area (Å²) in [5, 5.41) is 12.2. The summed E-state index contributed by atoms with van der Waals surface area (Å²) in [5.41, 5.74) is 2.71. The van der Waals surface area contributed by atoms with Crippen LogP contribution in [0.4, 0.5) is 15.9 Å². The van der Waals surface area contributed by atoms with Gasteiger partial charge in [0.05, 0.1) is 17.6 Å². The van der Waals surface area contributed by atoms with Crippen LogP contribution in [0.5, 0.6) is 17.4 Å². The van der Waals surface area contributed by atoms with E-state index in [-0.39, 0.29) is 17.4 Å². The highest BCUT2D eigenvalue weighted by molar-refractivity contribution is 6.31. The number of rotatable bonds is 8. The van der Waals surface area contributed by atoms with E-state index in [0.717, 1.165) is 0 Å². The van der Waals surface area contributed by atoms with E-state index in [0.29, 0.717) is 52.5 Å². The highest BCUT2D eigenvalue weighted by Crippen LogP contribution is 2.38. The topological polar surface area (TPSA) is 119 Å². The van der Waals surface area contributed by atoms with Crippen molar-refractivity contribution in [1.82, 2.24) is 15.4 Å². The summed E-state index contributed by atoms with van der Waals surface area (Å²) in [6, 6.07) is 10.9. The van der Waals surface area contributed by atoms with E-state index in [1.54, 1.807) is 35.8 Å². The number of furan rings is 1. The Morgan fingerprint density at radius 2 is 2.06 bits per heavy atom. The zero-order chi connectivity index (χ0) is 25.5. The molecule has 36 heavy (non-hydrogen) atoms. The van der Waals surface area contributed by atoms with Crippen molar-refractivity contribution in [3.63, 3.8) is 0 Å². The van der Waals surface area contributed by atoms with Crippen LogP contribution in [-0.4, -0.2) is 28.2 Å². The third-order valence-corrected chi connectivity index (χ3v) is 5.23. The lowest BCUT2D eigenvalue weighted by atomic mass is 10.2. The highest BCUT2D eigenvalue weighted by Gasteiger charge is 2.14. The summed E-state index contributed by atoms with van der Waals surface area (Å²) >= 11 is 5.89. The largest absolute Gasteiger partial charge is 0.493 e. The molecule has 0 spiro atoms. The van der Waals surface area contributed by atoms with E-state index in [9.17, 15) is 9.18 Å². The number of carbonyl (C=O) groups is 1. The zero-order valence-corrected chi connectivity index (χ0v) is 19.7. The molecular weight excluding hydrogens is 491 g/mol. The van der Waals surface area contributed by atoms with E-state index < -0.39 is 11.7 Å². The molecule has 0 saturated heterocycles. The van der Waals surface area contributed by atoms with Crippen LogP contribution in [-0.2, 0) is 4.79 Å². The van der Waals surface area contributed by atoms with Crippen molar-refractivity contribution in [2.24, 2.45) is 0 Å². The lowest BCUT2D eigenvalue weighted by Gasteiger charge is -2.13. The van der Waals surface area contributed by atoms with Gasteiger partial charge in [0, 0.05) is 36.0 Å². The highest BCUT2D eigenvalue weighted by atomic mass is 35.5. The quantitative estimate of drug-likeness (QED) is 0.121. The van der Waals surface area contributed by atoms with Gasteiger partial charge in [-0.05, 0) is 42.7 Å². The van der Waals surface area contributed by atoms with Crippen molar-refractivity contribution in [3.8, 4) is 29.3 Å². The van der Waals surface area contributed by atoms with E-state index in [4.69, 9.17) is 30.7 Å². The van der Waals surface area contributed by atoms with Gasteiger partial charge < -0.3 is 19.2 Å². The Hall–Kier alpha value is -4.33. The number of nitrogens with zero attached hydrogens (tertiary/aromatic N) is 2. The van der Waals surface area contributed by atoms with E-state index >= 15 is 0 Å². The summed E-state index contributed by atoms with van der Waals surface area (Å²) in [6.07, 6.45) is 2.52. The number of fused-ring (bicyclic) bond motifs is 1. The summed E-state index contributed by atoms with van der Waals surface area (Å²) in [7, 11) is 1.50. The number of ether oxygens (including phenoxy) is 2. The number of aromatic nitrogens is 2. The second-order valence-corrected chi connectivity index (χ2v) is 7.81. The van der Waals surface area contributed by atoms with Crippen LogP contribution in [0.25, 0.3) is 10.9 Å². The molecule has 1 amide bonds. The predicted molar refractivity (Wildman–Crippen MR) is 130 cm³/mol. The molecule has 2 heterocycles. The lowest BCUT2D eigenvalue weighted by molar-refractivity contribution is -0.129. The van der Waals surface area contributed by atoms with Crippen LogP contribution >= 0.6 is 11.6 Å². The molecule has 2 aromatic carbocycles. The Bertz CT molecular complexity index is 1460. The average molecular weight is 511 g/mol. The second-order valence-electron chi connectivity index (χ2n) is 7.41. The third kappa shape index (κ3) is 6.02. The summed E-state index contributed by atoms with van der Waals surface area (Å²) in [5.74, 6) is 6.57. The number of hydrogen-bond acceptors (Lipinski definition) is 8. The first kappa shape index (κ1) is 24.8. The van der Waals surface area contributed by atoms with Crippen LogP contribution in [0.2, 0.25) is 5.02 Å². The number of amides is 1. The van der Waals surface area contributed by atoms with Crippen LogP contribution in [0.3, 0.4) is 0 Å². The van der Waals surface area contributed by atoms with Crippen molar-refractivity contribution in [2.45, 2.75) is 19.3 Å². The Morgan fingerprint density at radius 3 is 2.83 bits per heavy atom. The van der Waals surface area contributed by atoms with Crippen LogP contribution in [0.15, 0.2) is 53.2 Å². The molecule has 9 nitrogen and oxygen atoms in total. The number of unbranched alkanes of at least 4 members (excludes halogenated alkanes) is 1. The van der Waals surface area contributed by atoms with E-state index in [2.05, 4.69) is 27.1 Å². The van der Waals surface area contributed by atoms with Gasteiger partial charge in [0.15, 0.2) is 17.3 Å². The Kier molecular flexibility index (Phi) is 7.85. The number of hydroxylamine groups is 1. The number of halogens is 2. The molecule has 11 heteroatoms. The molecule has 4 aromatic rings. The van der Waals surface area contributed by atoms with Gasteiger partial charge in [0.2, 0.25) is 5.91 Å². The van der Waals surface area contributed by atoms with Crippen LogP contribution < -0.4 is 20.3 Å². The summed E-state index contributed by atoms with van der Waals surface area (Å²) in [4.78, 5) is 19.6. The minimum Gasteiger partial charge on any atom is -0.493 e. The Balaban J connectivity index is 1.54. The lowest BCUT2D eigenvalue weighted by Crippen LogP contribution is -2.17. The molecule has 0 aliphatic heterocycles. The van der Waals surface area contributed by atoms with Crippen molar-refractivity contribution >= 4 is 39.9 Å². The molecule has 3 N–H and O–H groups in total.